The highest BCUT2D eigenvalue weighted by molar-refractivity contribution is 5.86. The zero-order chi connectivity index (χ0) is 20.9. The second-order valence-corrected chi connectivity index (χ2v) is 9.08. The molecular formula is C23H37N3O3. The number of ether oxygens (including phenoxy) is 1. The normalized spacial score (nSPS) is 21.8. The monoisotopic (exact) mass is 403 g/mol. The number of aliphatic hydroxyl groups excluding tert-OH is 1. The summed E-state index contributed by atoms with van der Waals surface area (Å²) in [5.41, 5.74) is 0.591. The quantitative estimate of drug-likeness (QED) is 0.698. The molecule has 1 aromatic carbocycles. The average Bonchev–Trinajstić information content (AvgIpc) is 2.71. The van der Waals surface area contributed by atoms with Gasteiger partial charge in [0.05, 0.1) is 5.54 Å². The van der Waals surface area contributed by atoms with Crippen LogP contribution in [0.4, 0.5) is 0 Å². The number of likely N-dealkylation sites (N-methyl/N-ethyl adjacent to an activating group) is 1. The standard InChI is InChI=1S/C23H37N3O3/c1-23(2)22(28)24-12-13-26(23)15-18-8-7-11-21(14-18)29-17-20(27)16-25(3)19-9-5-4-6-10-19/h7-8,11,14,19-20,27H,4-6,9-10,12-13,15-17H2,1-3H3,(H,24,28). The summed E-state index contributed by atoms with van der Waals surface area (Å²) in [6.07, 6.45) is 5.89. The Hall–Kier alpha value is -1.63. The van der Waals surface area contributed by atoms with Crippen LogP contribution in [0, 0.1) is 0 Å². The van der Waals surface area contributed by atoms with E-state index in [9.17, 15) is 9.90 Å². The van der Waals surface area contributed by atoms with Crippen LogP contribution < -0.4 is 10.1 Å². The van der Waals surface area contributed by atoms with Crippen LogP contribution in [0.3, 0.4) is 0 Å². The number of carbonyl (C=O) groups is 1. The predicted molar refractivity (Wildman–Crippen MR) is 115 cm³/mol. The summed E-state index contributed by atoms with van der Waals surface area (Å²) >= 11 is 0. The second kappa shape index (κ2) is 9.92. The first kappa shape index (κ1) is 22.1. The molecule has 2 N–H and O–H groups in total. The van der Waals surface area contributed by atoms with Gasteiger partial charge < -0.3 is 20.1 Å². The number of hydrogen-bond donors (Lipinski definition) is 2. The van der Waals surface area contributed by atoms with Crippen LogP contribution in [0.25, 0.3) is 0 Å². The van der Waals surface area contributed by atoms with Gasteiger partial charge in [0.2, 0.25) is 5.91 Å². The van der Waals surface area contributed by atoms with E-state index in [-0.39, 0.29) is 12.5 Å². The third-order valence-corrected chi connectivity index (χ3v) is 6.42. The number of hydrogen-bond acceptors (Lipinski definition) is 5. The highest BCUT2D eigenvalue weighted by Gasteiger charge is 2.37. The van der Waals surface area contributed by atoms with Crippen LogP contribution in [0.2, 0.25) is 0 Å². The van der Waals surface area contributed by atoms with Gasteiger partial charge in [-0.25, -0.2) is 0 Å². The third-order valence-electron chi connectivity index (χ3n) is 6.42. The summed E-state index contributed by atoms with van der Waals surface area (Å²) in [4.78, 5) is 16.6. The number of nitrogens with one attached hydrogen (secondary N) is 1. The maximum Gasteiger partial charge on any atom is 0.240 e. The summed E-state index contributed by atoms with van der Waals surface area (Å²) in [6.45, 7) is 7.06. The Labute approximate surface area is 175 Å². The lowest BCUT2D eigenvalue weighted by molar-refractivity contribution is -0.135. The minimum absolute atomic E-state index is 0.0707. The average molecular weight is 404 g/mol. The molecule has 0 bridgehead atoms. The van der Waals surface area contributed by atoms with Crippen molar-refractivity contribution < 1.29 is 14.6 Å². The van der Waals surface area contributed by atoms with E-state index in [2.05, 4.69) is 28.2 Å². The molecule has 1 unspecified atom stereocenters. The Morgan fingerprint density at radius 1 is 1.31 bits per heavy atom. The Morgan fingerprint density at radius 2 is 2.07 bits per heavy atom. The summed E-state index contributed by atoms with van der Waals surface area (Å²) in [5, 5.41) is 13.4. The summed E-state index contributed by atoms with van der Waals surface area (Å²) in [7, 11) is 2.11. The molecule has 162 valence electrons. The number of aliphatic hydroxyl groups is 1. The van der Waals surface area contributed by atoms with Gasteiger partial charge in [-0.1, -0.05) is 31.4 Å². The van der Waals surface area contributed by atoms with E-state index in [0.29, 0.717) is 25.7 Å². The molecule has 1 aliphatic carbocycles. The van der Waals surface area contributed by atoms with E-state index in [4.69, 9.17) is 4.74 Å². The molecule has 2 aliphatic rings. The van der Waals surface area contributed by atoms with Gasteiger partial charge in [-0.2, -0.15) is 0 Å². The van der Waals surface area contributed by atoms with Gasteiger partial charge in [0, 0.05) is 32.2 Å². The fourth-order valence-corrected chi connectivity index (χ4v) is 4.42. The number of rotatable bonds is 8. The molecule has 1 aromatic rings. The van der Waals surface area contributed by atoms with Gasteiger partial charge in [-0.15, -0.1) is 0 Å². The van der Waals surface area contributed by atoms with Gasteiger partial charge in [0.1, 0.15) is 18.5 Å². The Kier molecular flexibility index (Phi) is 7.55. The van der Waals surface area contributed by atoms with Crippen LogP contribution in [-0.2, 0) is 11.3 Å². The van der Waals surface area contributed by atoms with Gasteiger partial charge in [-0.05, 0) is 51.4 Å². The lowest BCUT2D eigenvalue weighted by Gasteiger charge is -2.41. The molecule has 6 heteroatoms. The van der Waals surface area contributed by atoms with Gasteiger partial charge >= 0.3 is 0 Å². The molecule has 0 spiro atoms. The van der Waals surface area contributed by atoms with Gasteiger partial charge in [0.15, 0.2) is 0 Å². The smallest absolute Gasteiger partial charge is 0.240 e. The number of nitrogens with zero attached hydrogens (tertiary/aromatic N) is 2. The maximum absolute atomic E-state index is 12.2. The first-order valence-electron chi connectivity index (χ1n) is 11.0. The lowest BCUT2D eigenvalue weighted by Crippen LogP contribution is -2.61. The number of carbonyl (C=O) groups excluding carboxylic acids is 1. The summed E-state index contributed by atoms with van der Waals surface area (Å²) in [6, 6.07) is 8.56. The van der Waals surface area contributed by atoms with Gasteiger partial charge in [-0.3, -0.25) is 9.69 Å². The van der Waals surface area contributed by atoms with E-state index in [1.165, 1.54) is 32.1 Å². The van der Waals surface area contributed by atoms with E-state index in [0.717, 1.165) is 17.9 Å². The molecule has 1 aliphatic heterocycles. The second-order valence-electron chi connectivity index (χ2n) is 9.08. The number of benzene rings is 1. The first-order chi connectivity index (χ1) is 13.9. The van der Waals surface area contributed by atoms with Crippen LogP contribution in [-0.4, -0.2) is 71.8 Å². The Bertz CT molecular complexity index is 673. The Morgan fingerprint density at radius 3 is 2.83 bits per heavy atom. The lowest BCUT2D eigenvalue weighted by atomic mass is 9.94. The zero-order valence-electron chi connectivity index (χ0n) is 18.2. The van der Waals surface area contributed by atoms with E-state index in [1.807, 2.05) is 32.0 Å². The highest BCUT2D eigenvalue weighted by atomic mass is 16.5. The third kappa shape index (κ3) is 5.93. The topological polar surface area (TPSA) is 65.0 Å². The van der Waals surface area contributed by atoms with Crippen molar-refractivity contribution in [2.45, 2.75) is 70.2 Å². The maximum atomic E-state index is 12.2. The molecule has 29 heavy (non-hydrogen) atoms. The molecule has 1 heterocycles. The van der Waals surface area contributed by atoms with Crippen LogP contribution in [0.1, 0.15) is 51.5 Å². The molecular weight excluding hydrogens is 366 g/mol. The van der Waals surface area contributed by atoms with Crippen molar-refractivity contribution >= 4 is 5.91 Å². The van der Waals surface area contributed by atoms with Crippen molar-refractivity contribution in [3.05, 3.63) is 29.8 Å². The number of piperazine rings is 1. The van der Waals surface area contributed by atoms with E-state index in [1.54, 1.807) is 0 Å². The fourth-order valence-electron chi connectivity index (χ4n) is 4.42. The Balaban J connectivity index is 1.50. The molecule has 1 amide bonds. The molecule has 3 rings (SSSR count). The van der Waals surface area contributed by atoms with Crippen molar-refractivity contribution in [2.24, 2.45) is 0 Å². The van der Waals surface area contributed by atoms with Crippen molar-refractivity contribution in [1.29, 1.82) is 0 Å². The minimum Gasteiger partial charge on any atom is -0.491 e. The minimum atomic E-state index is -0.519. The summed E-state index contributed by atoms with van der Waals surface area (Å²) in [5.74, 6) is 0.836. The molecule has 6 nitrogen and oxygen atoms in total. The molecule has 0 aromatic heterocycles. The van der Waals surface area contributed by atoms with Gasteiger partial charge in [0.25, 0.3) is 0 Å². The van der Waals surface area contributed by atoms with Crippen molar-refractivity contribution in [3.63, 3.8) is 0 Å². The fraction of sp³-hybridized carbons (Fsp3) is 0.696. The zero-order valence-corrected chi connectivity index (χ0v) is 18.2. The summed E-state index contributed by atoms with van der Waals surface area (Å²) < 4.78 is 5.88. The molecule has 1 saturated carbocycles. The van der Waals surface area contributed by atoms with E-state index < -0.39 is 11.6 Å². The molecule has 2 fully saturated rings. The molecule has 0 radical (unpaired) electrons. The SMILES string of the molecule is CN(CC(O)COc1cccc(CN2CCNC(=O)C2(C)C)c1)C1CCCCC1. The predicted octanol–water partition coefficient (Wildman–Crippen LogP) is 2.40. The van der Waals surface area contributed by atoms with Crippen LogP contribution in [0.15, 0.2) is 24.3 Å². The van der Waals surface area contributed by atoms with E-state index >= 15 is 0 Å². The van der Waals surface area contributed by atoms with Crippen LogP contribution in [0.5, 0.6) is 5.75 Å². The van der Waals surface area contributed by atoms with Crippen molar-refractivity contribution in [2.75, 3.05) is 33.3 Å². The highest BCUT2D eigenvalue weighted by Crippen LogP contribution is 2.23. The largest absolute Gasteiger partial charge is 0.491 e. The number of amides is 1. The molecule has 1 atom stereocenters. The van der Waals surface area contributed by atoms with Crippen LogP contribution >= 0.6 is 0 Å². The molecule has 1 saturated heterocycles. The van der Waals surface area contributed by atoms with Crippen molar-refractivity contribution in [3.8, 4) is 5.75 Å². The van der Waals surface area contributed by atoms with Crippen molar-refractivity contribution in [1.82, 2.24) is 15.1 Å². The first-order valence-corrected chi connectivity index (χ1v) is 11.0.